The second kappa shape index (κ2) is 12.5. The summed E-state index contributed by atoms with van der Waals surface area (Å²) in [5, 5.41) is 27.6. The molecule has 0 aliphatic rings. The Morgan fingerprint density at radius 2 is 1.32 bits per heavy atom. The van der Waals surface area contributed by atoms with Crippen LogP contribution >= 0.6 is 0 Å². The third kappa shape index (κ3) is 6.95. The first-order valence-corrected chi connectivity index (χ1v) is 11.5. The highest BCUT2D eigenvalue weighted by Gasteiger charge is 2.19. The monoisotopic (exact) mass is 516 g/mol. The molecule has 0 aliphatic heterocycles. The van der Waals surface area contributed by atoms with E-state index in [0.29, 0.717) is 12.2 Å². The fourth-order valence-electron chi connectivity index (χ4n) is 3.69. The molecule has 0 amide bonds. The predicted octanol–water partition coefficient (Wildman–Crippen LogP) is 5.40. The number of carbonyl (C=O) groups is 2. The van der Waals surface area contributed by atoms with Crippen LogP contribution in [0.2, 0.25) is 0 Å². The minimum absolute atomic E-state index is 0.0564. The van der Waals surface area contributed by atoms with Crippen molar-refractivity contribution < 1.29 is 44.5 Å². The summed E-state index contributed by atoms with van der Waals surface area (Å²) in [4.78, 5) is 38.7. The second-order valence-electron chi connectivity index (χ2n) is 8.28. The Morgan fingerprint density at radius 1 is 0.711 bits per heavy atom. The van der Waals surface area contributed by atoms with E-state index >= 15 is 0 Å². The molecule has 4 aromatic rings. The number of esters is 1. The number of ether oxygens (including phenoxy) is 1. The average Bonchev–Trinajstić information content (AvgIpc) is 2.91. The Bertz CT molecular complexity index is 1400. The van der Waals surface area contributed by atoms with Gasteiger partial charge in [-0.05, 0) is 71.1 Å². The predicted molar refractivity (Wildman–Crippen MR) is 135 cm³/mol. The largest absolute Gasteiger partial charge is 0.508 e. The van der Waals surface area contributed by atoms with E-state index in [9.17, 15) is 19.8 Å². The number of aromatic carboxylic acids is 1. The van der Waals surface area contributed by atoms with Crippen molar-refractivity contribution in [3.8, 4) is 17.2 Å². The van der Waals surface area contributed by atoms with Crippen molar-refractivity contribution in [3.05, 3.63) is 124 Å². The zero-order chi connectivity index (χ0) is 26.9. The van der Waals surface area contributed by atoms with Crippen LogP contribution in [0.4, 0.5) is 0 Å². The van der Waals surface area contributed by atoms with E-state index in [1.54, 1.807) is 36.4 Å². The SMILES string of the molecule is O=C(O)c1ccc(O)cc1C(=O)Oc1ccc(Cc2ccc(OOCc3ccccc3COO)cc2)cc1. The number of carboxylic acids is 1. The molecule has 0 atom stereocenters. The summed E-state index contributed by atoms with van der Waals surface area (Å²) >= 11 is 0. The molecule has 38 heavy (non-hydrogen) atoms. The molecule has 0 aromatic heterocycles. The molecule has 4 rings (SSSR count). The van der Waals surface area contributed by atoms with Gasteiger partial charge in [0.2, 0.25) is 0 Å². The first-order valence-electron chi connectivity index (χ1n) is 11.5. The van der Waals surface area contributed by atoms with Crippen molar-refractivity contribution in [2.45, 2.75) is 19.6 Å². The van der Waals surface area contributed by atoms with Gasteiger partial charge < -0.3 is 19.8 Å². The van der Waals surface area contributed by atoms with Crippen LogP contribution in [-0.2, 0) is 29.4 Å². The van der Waals surface area contributed by atoms with Crippen molar-refractivity contribution in [1.29, 1.82) is 0 Å². The first-order chi connectivity index (χ1) is 18.4. The van der Waals surface area contributed by atoms with Crippen molar-refractivity contribution >= 4 is 11.9 Å². The maximum atomic E-state index is 12.5. The third-order valence-electron chi connectivity index (χ3n) is 5.63. The zero-order valence-electron chi connectivity index (χ0n) is 20.1. The van der Waals surface area contributed by atoms with Crippen LogP contribution < -0.4 is 9.62 Å². The van der Waals surface area contributed by atoms with Gasteiger partial charge in [-0.15, -0.1) is 0 Å². The summed E-state index contributed by atoms with van der Waals surface area (Å²) in [5.74, 6) is -1.65. The maximum absolute atomic E-state index is 12.5. The van der Waals surface area contributed by atoms with E-state index < -0.39 is 11.9 Å². The van der Waals surface area contributed by atoms with Gasteiger partial charge in [-0.25, -0.2) is 14.5 Å². The number of phenolic OH excluding ortho intramolecular Hbond substituents is 1. The normalized spacial score (nSPS) is 10.7. The topological polar surface area (TPSA) is 132 Å². The summed E-state index contributed by atoms with van der Waals surface area (Å²) < 4.78 is 5.29. The number of phenols is 1. The minimum atomic E-state index is -1.30. The first kappa shape index (κ1) is 26.4. The number of aromatic hydroxyl groups is 1. The minimum Gasteiger partial charge on any atom is -0.508 e. The highest BCUT2D eigenvalue weighted by molar-refractivity contribution is 6.03. The Hall–Kier alpha value is -4.70. The van der Waals surface area contributed by atoms with Crippen LogP contribution in [0.1, 0.15) is 43.0 Å². The number of benzene rings is 4. The summed E-state index contributed by atoms with van der Waals surface area (Å²) in [7, 11) is 0. The molecule has 0 fully saturated rings. The number of rotatable bonds is 11. The molecule has 3 N–H and O–H groups in total. The molecule has 0 spiro atoms. The Kier molecular flexibility index (Phi) is 8.68. The average molecular weight is 517 g/mol. The van der Waals surface area contributed by atoms with Crippen LogP contribution in [0.25, 0.3) is 0 Å². The van der Waals surface area contributed by atoms with Gasteiger partial charge in [-0.2, -0.15) is 4.89 Å². The van der Waals surface area contributed by atoms with Crippen LogP contribution in [0.15, 0.2) is 91.0 Å². The molecule has 0 unspecified atom stereocenters. The van der Waals surface area contributed by atoms with E-state index in [1.807, 2.05) is 36.4 Å². The summed E-state index contributed by atoms with van der Waals surface area (Å²) in [6.45, 7) is 0.238. The molecule has 9 nitrogen and oxygen atoms in total. The number of hydrogen-bond donors (Lipinski definition) is 3. The smallest absolute Gasteiger partial charge is 0.344 e. The fourth-order valence-corrected chi connectivity index (χ4v) is 3.69. The van der Waals surface area contributed by atoms with Crippen LogP contribution in [0.5, 0.6) is 17.2 Å². The molecule has 0 heterocycles. The summed E-state index contributed by atoms with van der Waals surface area (Å²) in [6.07, 6.45) is 0.611. The third-order valence-corrected chi connectivity index (χ3v) is 5.63. The lowest BCUT2D eigenvalue weighted by molar-refractivity contribution is -0.253. The molecular weight excluding hydrogens is 492 g/mol. The van der Waals surface area contributed by atoms with Crippen molar-refractivity contribution in [2.24, 2.45) is 0 Å². The molecule has 0 saturated heterocycles. The highest BCUT2D eigenvalue weighted by atomic mass is 17.2. The van der Waals surface area contributed by atoms with Crippen molar-refractivity contribution in [3.63, 3.8) is 0 Å². The van der Waals surface area contributed by atoms with Gasteiger partial charge in [-0.1, -0.05) is 48.5 Å². The molecular formula is C29H24O9. The summed E-state index contributed by atoms with van der Waals surface area (Å²) in [6, 6.07) is 24.9. The van der Waals surface area contributed by atoms with Crippen LogP contribution in [0.3, 0.4) is 0 Å². The van der Waals surface area contributed by atoms with Gasteiger partial charge in [-0.3, -0.25) is 5.26 Å². The second-order valence-corrected chi connectivity index (χ2v) is 8.28. The Morgan fingerprint density at radius 3 is 1.92 bits per heavy atom. The number of carbonyl (C=O) groups excluding carboxylic acids is 1. The molecule has 9 heteroatoms. The van der Waals surface area contributed by atoms with Gasteiger partial charge in [0.1, 0.15) is 24.7 Å². The van der Waals surface area contributed by atoms with Crippen molar-refractivity contribution in [2.75, 3.05) is 0 Å². The van der Waals surface area contributed by atoms with Crippen LogP contribution in [0, 0.1) is 0 Å². The van der Waals surface area contributed by atoms with E-state index in [2.05, 4.69) is 4.89 Å². The van der Waals surface area contributed by atoms with Crippen molar-refractivity contribution in [1.82, 2.24) is 0 Å². The lowest BCUT2D eigenvalue weighted by atomic mass is 10.0. The lowest BCUT2D eigenvalue weighted by Crippen LogP contribution is -2.14. The van der Waals surface area contributed by atoms with Gasteiger partial charge in [0.05, 0.1) is 11.1 Å². The number of carboxylic acid groups (broad SMARTS) is 1. The van der Waals surface area contributed by atoms with Gasteiger partial charge in [0.15, 0.2) is 5.75 Å². The Balaban J connectivity index is 1.30. The van der Waals surface area contributed by atoms with Gasteiger partial charge in [0.25, 0.3) is 0 Å². The van der Waals surface area contributed by atoms with E-state index in [4.69, 9.17) is 19.8 Å². The fraction of sp³-hybridized carbons (Fsp3) is 0.103. The molecule has 0 saturated carbocycles. The van der Waals surface area contributed by atoms with Gasteiger partial charge in [0, 0.05) is 0 Å². The van der Waals surface area contributed by atoms with E-state index in [0.717, 1.165) is 34.4 Å². The Labute approximate surface area is 217 Å². The van der Waals surface area contributed by atoms with E-state index in [1.165, 1.54) is 6.07 Å². The molecule has 4 aromatic carbocycles. The summed E-state index contributed by atoms with van der Waals surface area (Å²) in [5.41, 5.74) is 3.09. The highest BCUT2D eigenvalue weighted by Crippen LogP contribution is 2.22. The molecule has 0 radical (unpaired) electrons. The molecule has 0 aliphatic carbocycles. The zero-order valence-corrected chi connectivity index (χ0v) is 20.1. The lowest BCUT2D eigenvalue weighted by Gasteiger charge is -2.10. The van der Waals surface area contributed by atoms with E-state index in [-0.39, 0.29) is 35.8 Å². The molecule has 0 bridgehead atoms. The maximum Gasteiger partial charge on any atom is 0.344 e. The molecule has 194 valence electrons. The quantitative estimate of drug-likeness (QED) is 0.104. The van der Waals surface area contributed by atoms with Gasteiger partial charge >= 0.3 is 11.9 Å². The number of hydrogen-bond acceptors (Lipinski definition) is 8. The van der Waals surface area contributed by atoms with Crippen LogP contribution in [-0.4, -0.2) is 27.4 Å². The standard InChI is InChI=1S/C29H24O9/c30-23-9-14-26(28(31)32)27(16-23)29(33)37-24-10-5-19(6-11-24)15-20-7-12-25(13-8-20)38-36-18-22-4-2-1-3-21(22)17-35-34/h1-14,16,30,34H,15,17-18H2,(H,31,32).